The second-order valence-electron chi connectivity index (χ2n) is 24.1. The van der Waals surface area contributed by atoms with Gasteiger partial charge in [0, 0.05) is 105 Å². The van der Waals surface area contributed by atoms with Gasteiger partial charge in [0.05, 0.1) is 0 Å². The number of aromatic nitrogens is 1. The fourth-order valence-electron chi connectivity index (χ4n) is 7.10. The van der Waals surface area contributed by atoms with Crippen molar-refractivity contribution >= 4 is 48.2 Å². The Labute approximate surface area is 429 Å². The Bertz CT molecular complexity index is 1750. The van der Waals surface area contributed by atoms with E-state index in [0.29, 0.717) is 11.6 Å². The Morgan fingerprint density at radius 2 is 0.458 bits per heavy atom. The number of rotatable bonds is 2. The minimum Gasteiger partial charge on any atom is -0.444 e. The molecule has 2 aliphatic heterocycles. The van der Waals surface area contributed by atoms with Gasteiger partial charge in [-0.3, -0.25) is 0 Å². The number of hydrogen-bond acceptors (Lipinski definition) is 15. The normalized spacial score (nSPS) is 17.4. The fraction of sp³-hybridized carbons (Fsp3) is 0.784. The van der Waals surface area contributed by atoms with Crippen LogP contribution in [0.1, 0.15) is 125 Å². The van der Waals surface area contributed by atoms with Gasteiger partial charge >= 0.3 is 36.6 Å². The van der Waals surface area contributed by atoms with E-state index in [1.807, 2.05) is 28.0 Å². The number of hydrogen-bond donors (Lipinski definition) is 0. The van der Waals surface area contributed by atoms with E-state index < -0.39 is 70.2 Å². The van der Waals surface area contributed by atoms with Crippen molar-refractivity contribution in [3.05, 3.63) is 18.2 Å². The van der Waals surface area contributed by atoms with Crippen molar-refractivity contribution in [1.82, 2.24) is 34.4 Å². The Hall–Kier alpha value is -5.63. The van der Waals surface area contributed by atoms with Crippen molar-refractivity contribution in [3.8, 4) is 0 Å². The smallest absolute Gasteiger partial charge is 0.410 e. The average Bonchev–Trinajstić information content (AvgIpc) is 3.17. The fourth-order valence-corrected chi connectivity index (χ4v) is 7.10. The van der Waals surface area contributed by atoms with Crippen molar-refractivity contribution in [2.45, 2.75) is 158 Å². The van der Waals surface area contributed by atoms with Gasteiger partial charge in [0.15, 0.2) is 0 Å². The first-order valence-electron chi connectivity index (χ1n) is 25.2. The Balaban J connectivity index is 2.13. The van der Waals surface area contributed by atoms with E-state index in [9.17, 15) is 28.8 Å². The summed E-state index contributed by atoms with van der Waals surface area (Å²) in [6.45, 7) is 34.6. The monoisotopic (exact) mass is 1020 g/mol. The first-order valence-corrected chi connectivity index (χ1v) is 25.2. The minimum atomic E-state index is -0.799. The van der Waals surface area contributed by atoms with E-state index in [-0.39, 0.29) is 105 Å². The van der Waals surface area contributed by atoms with Crippen LogP contribution in [-0.4, -0.2) is 209 Å². The molecule has 2 fully saturated rings. The number of carbonyl (C=O) groups excluding carboxylic acids is 6. The van der Waals surface area contributed by atoms with E-state index in [2.05, 4.69) is 0 Å². The molecular weight excluding hydrogens is 931 g/mol. The molecule has 3 heterocycles. The van der Waals surface area contributed by atoms with Gasteiger partial charge in [0.2, 0.25) is 0 Å². The third-order valence-corrected chi connectivity index (χ3v) is 10.4. The Morgan fingerprint density at radius 3 is 0.611 bits per heavy atom. The number of ether oxygens (including phenoxy) is 6. The first-order chi connectivity index (χ1) is 32.9. The molecule has 21 heteroatoms. The summed E-state index contributed by atoms with van der Waals surface area (Å²) in [6.07, 6.45) is -3.39. The van der Waals surface area contributed by atoms with Crippen LogP contribution >= 0.6 is 0 Å². The highest BCUT2D eigenvalue weighted by atomic mass is 16.6. The standard InChI is InChI=1S/C51H89N9O12/c1-46(2,3)67-40(61)55-26-22-53(23-27-56(41(62)68-47(4,5)6)31-35-59(34-30-55)44(65)71-50(13,14)15)38-20-19-21-39(52-38)54-24-28-57(42(63)69-48(7,8)9)32-36-60(45(66)72-51(16,17)18)37-33-58(29-25-54)43(64)70-49(10,11)12/h19-21H,22-37H2,1-18H3. The lowest BCUT2D eigenvalue weighted by molar-refractivity contribution is 0.00798. The summed E-state index contributed by atoms with van der Waals surface area (Å²) in [5.74, 6) is 1.06. The predicted octanol–water partition coefficient (Wildman–Crippen LogP) is 8.14. The van der Waals surface area contributed by atoms with Crippen LogP contribution in [0.15, 0.2) is 18.2 Å². The lowest BCUT2D eigenvalue weighted by Crippen LogP contribution is -2.51. The number of nitrogens with zero attached hydrogens (tertiary/aromatic N) is 9. The van der Waals surface area contributed by atoms with Gasteiger partial charge in [-0.1, -0.05) is 6.07 Å². The SMILES string of the molecule is CC(C)(C)OC(=O)N1CCN(C(=O)OC(C)(C)C)CCN(c2cccc(N3CCN(C(=O)OC(C)(C)C)CCN(C(=O)OC(C)(C)C)CCN(C(=O)OC(C)(C)C)CC3)n2)CCN(C(=O)OC(C)(C)C)CC1. The van der Waals surface area contributed by atoms with Crippen molar-refractivity contribution < 1.29 is 57.2 Å². The van der Waals surface area contributed by atoms with Crippen molar-refractivity contribution in [1.29, 1.82) is 0 Å². The lowest BCUT2D eigenvalue weighted by atomic mass is 10.2. The highest BCUT2D eigenvalue weighted by Gasteiger charge is 2.33. The van der Waals surface area contributed by atoms with E-state index in [1.165, 1.54) is 9.80 Å². The van der Waals surface area contributed by atoms with Crippen LogP contribution in [-0.2, 0) is 28.4 Å². The van der Waals surface area contributed by atoms with Crippen LogP contribution in [0.2, 0.25) is 0 Å². The Morgan fingerprint density at radius 1 is 0.306 bits per heavy atom. The quantitative estimate of drug-likeness (QED) is 0.257. The summed E-state index contributed by atoms with van der Waals surface area (Å²) in [6, 6.07) is 5.55. The van der Waals surface area contributed by atoms with Crippen LogP contribution in [0.25, 0.3) is 0 Å². The zero-order chi connectivity index (χ0) is 54.6. The van der Waals surface area contributed by atoms with Gasteiger partial charge in [-0.25, -0.2) is 33.8 Å². The summed E-state index contributed by atoms with van der Waals surface area (Å²) in [5.41, 5.74) is -4.77. The maximum Gasteiger partial charge on any atom is 0.410 e. The molecule has 72 heavy (non-hydrogen) atoms. The molecule has 6 amide bonds. The van der Waals surface area contributed by atoms with Crippen molar-refractivity contribution in [2.75, 3.05) is 115 Å². The number of amides is 6. The zero-order valence-electron chi connectivity index (χ0n) is 47.0. The average molecular weight is 1020 g/mol. The van der Waals surface area contributed by atoms with Gasteiger partial charge in [-0.2, -0.15) is 0 Å². The molecule has 0 aromatic carbocycles. The Kier molecular flexibility index (Phi) is 21.0. The minimum absolute atomic E-state index is 0.0959. The molecule has 0 atom stereocenters. The molecule has 0 aliphatic carbocycles. The third-order valence-electron chi connectivity index (χ3n) is 10.4. The molecule has 1 aromatic rings. The molecular formula is C51H89N9O12. The molecule has 0 saturated carbocycles. The van der Waals surface area contributed by atoms with Gasteiger partial charge in [0.1, 0.15) is 45.2 Å². The summed E-state index contributed by atoms with van der Waals surface area (Å²) in [5, 5.41) is 0. The summed E-state index contributed by atoms with van der Waals surface area (Å²) < 4.78 is 34.9. The largest absolute Gasteiger partial charge is 0.444 e. The second kappa shape index (κ2) is 24.9. The topological polar surface area (TPSA) is 197 Å². The molecule has 2 saturated heterocycles. The van der Waals surface area contributed by atoms with Gasteiger partial charge < -0.3 is 67.6 Å². The van der Waals surface area contributed by atoms with E-state index in [4.69, 9.17) is 33.4 Å². The maximum absolute atomic E-state index is 13.8. The van der Waals surface area contributed by atoms with Crippen LogP contribution in [0.3, 0.4) is 0 Å². The third kappa shape index (κ3) is 22.8. The molecule has 0 radical (unpaired) electrons. The van der Waals surface area contributed by atoms with Crippen molar-refractivity contribution in [3.63, 3.8) is 0 Å². The molecule has 3 rings (SSSR count). The van der Waals surface area contributed by atoms with Crippen LogP contribution in [0.5, 0.6) is 0 Å². The highest BCUT2D eigenvalue weighted by Crippen LogP contribution is 2.22. The highest BCUT2D eigenvalue weighted by molar-refractivity contribution is 5.72. The molecule has 21 nitrogen and oxygen atoms in total. The van der Waals surface area contributed by atoms with Gasteiger partial charge in [-0.15, -0.1) is 0 Å². The van der Waals surface area contributed by atoms with Crippen LogP contribution < -0.4 is 9.80 Å². The summed E-state index contributed by atoms with van der Waals surface area (Å²) >= 11 is 0. The number of carbonyl (C=O) groups is 6. The summed E-state index contributed by atoms with van der Waals surface area (Å²) in [4.78, 5) is 101. The van der Waals surface area contributed by atoms with Gasteiger partial charge in [0.25, 0.3) is 0 Å². The van der Waals surface area contributed by atoms with E-state index >= 15 is 0 Å². The molecule has 0 bridgehead atoms. The van der Waals surface area contributed by atoms with Crippen LogP contribution in [0.4, 0.5) is 40.4 Å². The maximum atomic E-state index is 13.8. The predicted molar refractivity (Wildman–Crippen MR) is 276 cm³/mol. The molecule has 2 aliphatic rings. The molecule has 0 spiro atoms. The van der Waals surface area contributed by atoms with Crippen molar-refractivity contribution in [2.24, 2.45) is 0 Å². The molecule has 0 unspecified atom stereocenters. The van der Waals surface area contributed by atoms with Gasteiger partial charge in [-0.05, 0) is 137 Å². The van der Waals surface area contributed by atoms with Crippen LogP contribution in [0, 0.1) is 0 Å². The molecule has 1 aromatic heterocycles. The zero-order valence-corrected chi connectivity index (χ0v) is 47.0. The van der Waals surface area contributed by atoms with E-state index in [1.54, 1.807) is 144 Å². The summed E-state index contributed by atoms with van der Waals surface area (Å²) in [7, 11) is 0. The molecule has 0 N–H and O–H groups in total. The van der Waals surface area contributed by atoms with E-state index in [0.717, 1.165) is 0 Å². The number of anilines is 2. The first kappa shape index (κ1) is 60.7. The second-order valence-corrected chi connectivity index (χ2v) is 24.1. The number of pyridine rings is 1. The molecule has 410 valence electrons. The lowest BCUT2D eigenvalue weighted by Gasteiger charge is -2.37.